The van der Waals surface area contributed by atoms with Gasteiger partial charge in [-0.25, -0.2) is 0 Å². The van der Waals surface area contributed by atoms with Crippen LogP contribution in [0.1, 0.15) is 47.5 Å². The van der Waals surface area contributed by atoms with Gasteiger partial charge in [-0.3, -0.25) is 4.79 Å². The lowest BCUT2D eigenvalue weighted by molar-refractivity contribution is -0.130. The zero-order chi connectivity index (χ0) is 9.98. The van der Waals surface area contributed by atoms with Crippen LogP contribution < -0.4 is 0 Å². The Morgan fingerprint density at radius 2 is 1.67 bits per heavy atom. The minimum Gasteiger partial charge on any atom is -0.343 e. The van der Waals surface area contributed by atoms with Gasteiger partial charge in [0, 0.05) is 19.5 Å². The Balaban J connectivity index is 0. The van der Waals surface area contributed by atoms with E-state index < -0.39 is 0 Å². The van der Waals surface area contributed by atoms with E-state index in [9.17, 15) is 4.79 Å². The van der Waals surface area contributed by atoms with Gasteiger partial charge in [0.1, 0.15) is 0 Å². The molecule has 0 spiro atoms. The number of nitrogens with zero attached hydrogens (tertiary/aromatic N) is 1. The normalized spacial score (nSPS) is 8.42. The van der Waals surface area contributed by atoms with Crippen LogP contribution in [0.15, 0.2) is 0 Å². The summed E-state index contributed by atoms with van der Waals surface area (Å²) in [6.45, 7) is 11.8. The molecule has 0 aromatic heterocycles. The SMILES string of the molecule is CC.CCCN(CC)C(=O)CC. The van der Waals surface area contributed by atoms with Gasteiger partial charge >= 0.3 is 0 Å². The fourth-order valence-corrected chi connectivity index (χ4v) is 0.953. The first-order valence-corrected chi connectivity index (χ1v) is 5.04. The Bertz CT molecular complexity index is 102. The quantitative estimate of drug-likeness (QED) is 0.640. The smallest absolute Gasteiger partial charge is 0.222 e. The molecule has 0 aliphatic carbocycles. The molecule has 0 aliphatic heterocycles. The summed E-state index contributed by atoms with van der Waals surface area (Å²) >= 11 is 0. The highest BCUT2D eigenvalue weighted by molar-refractivity contribution is 5.75. The van der Waals surface area contributed by atoms with Crippen molar-refractivity contribution < 1.29 is 4.79 Å². The van der Waals surface area contributed by atoms with Crippen LogP contribution >= 0.6 is 0 Å². The van der Waals surface area contributed by atoms with E-state index in [-0.39, 0.29) is 5.91 Å². The molecule has 0 saturated carbocycles. The van der Waals surface area contributed by atoms with Crippen LogP contribution in [0.3, 0.4) is 0 Å². The van der Waals surface area contributed by atoms with Crippen molar-refractivity contribution in [3.05, 3.63) is 0 Å². The fraction of sp³-hybridized carbons (Fsp3) is 0.900. The molecule has 2 heteroatoms. The van der Waals surface area contributed by atoms with Crippen molar-refractivity contribution in [2.45, 2.75) is 47.5 Å². The third kappa shape index (κ3) is 6.20. The Hall–Kier alpha value is -0.530. The van der Waals surface area contributed by atoms with Gasteiger partial charge in [-0.05, 0) is 13.3 Å². The summed E-state index contributed by atoms with van der Waals surface area (Å²) in [4.78, 5) is 12.9. The van der Waals surface area contributed by atoms with Gasteiger partial charge in [0.15, 0.2) is 0 Å². The first-order valence-electron chi connectivity index (χ1n) is 5.04. The number of rotatable bonds is 4. The summed E-state index contributed by atoms with van der Waals surface area (Å²) in [7, 11) is 0. The molecule has 12 heavy (non-hydrogen) atoms. The van der Waals surface area contributed by atoms with Crippen LogP contribution in [0.5, 0.6) is 0 Å². The zero-order valence-electron chi connectivity index (χ0n) is 9.18. The van der Waals surface area contributed by atoms with Crippen molar-refractivity contribution in [3.63, 3.8) is 0 Å². The maximum atomic E-state index is 11.1. The molecule has 0 heterocycles. The Labute approximate surface area is 77.0 Å². The molecular formula is C10H23NO. The molecule has 0 fully saturated rings. The van der Waals surface area contributed by atoms with Gasteiger partial charge in [-0.1, -0.05) is 27.7 Å². The molecule has 0 aromatic carbocycles. The van der Waals surface area contributed by atoms with E-state index in [1.54, 1.807) is 0 Å². The lowest BCUT2D eigenvalue weighted by atomic mass is 10.3. The monoisotopic (exact) mass is 173 g/mol. The topological polar surface area (TPSA) is 20.3 Å². The first kappa shape index (κ1) is 14.0. The average Bonchev–Trinajstić information content (AvgIpc) is 2.16. The molecule has 0 atom stereocenters. The van der Waals surface area contributed by atoms with Crippen LogP contribution in [0.4, 0.5) is 0 Å². The second-order valence-electron chi connectivity index (χ2n) is 2.33. The number of hydrogen-bond donors (Lipinski definition) is 0. The lowest BCUT2D eigenvalue weighted by Gasteiger charge is -2.18. The van der Waals surface area contributed by atoms with Crippen molar-refractivity contribution in [1.29, 1.82) is 0 Å². The summed E-state index contributed by atoms with van der Waals surface area (Å²) in [5.74, 6) is 0.268. The summed E-state index contributed by atoms with van der Waals surface area (Å²) in [6.07, 6.45) is 1.69. The van der Waals surface area contributed by atoms with Crippen LogP contribution in [-0.2, 0) is 4.79 Å². The van der Waals surface area contributed by atoms with E-state index in [1.807, 2.05) is 32.6 Å². The Morgan fingerprint density at radius 3 is 1.92 bits per heavy atom. The van der Waals surface area contributed by atoms with Crippen LogP contribution in [-0.4, -0.2) is 23.9 Å². The second-order valence-corrected chi connectivity index (χ2v) is 2.33. The first-order chi connectivity index (χ1) is 5.76. The van der Waals surface area contributed by atoms with Gasteiger partial charge in [-0.2, -0.15) is 0 Å². The van der Waals surface area contributed by atoms with Crippen molar-refractivity contribution in [1.82, 2.24) is 4.90 Å². The van der Waals surface area contributed by atoms with E-state index in [4.69, 9.17) is 0 Å². The maximum Gasteiger partial charge on any atom is 0.222 e. The summed E-state index contributed by atoms with van der Waals surface area (Å²) in [6, 6.07) is 0. The van der Waals surface area contributed by atoms with Crippen molar-refractivity contribution in [2.24, 2.45) is 0 Å². The predicted octanol–water partition coefficient (Wildman–Crippen LogP) is 2.68. The highest BCUT2D eigenvalue weighted by Gasteiger charge is 2.05. The van der Waals surface area contributed by atoms with E-state index in [0.717, 1.165) is 19.5 Å². The molecule has 74 valence electrons. The van der Waals surface area contributed by atoms with Gasteiger partial charge in [-0.15, -0.1) is 0 Å². The van der Waals surface area contributed by atoms with Crippen LogP contribution in [0.25, 0.3) is 0 Å². The summed E-state index contributed by atoms with van der Waals surface area (Å²) < 4.78 is 0. The van der Waals surface area contributed by atoms with Crippen molar-refractivity contribution in [2.75, 3.05) is 13.1 Å². The van der Waals surface area contributed by atoms with Gasteiger partial charge in [0.05, 0.1) is 0 Å². The van der Waals surface area contributed by atoms with Crippen LogP contribution in [0, 0.1) is 0 Å². The molecule has 0 rings (SSSR count). The molecular weight excluding hydrogens is 150 g/mol. The molecule has 1 amide bonds. The molecule has 2 nitrogen and oxygen atoms in total. The van der Waals surface area contributed by atoms with Gasteiger partial charge < -0.3 is 4.90 Å². The van der Waals surface area contributed by atoms with Crippen molar-refractivity contribution in [3.8, 4) is 0 Å². The van der Waals surface area contributed by atoms with E-state index in [2.05, 4.69) is 6.92 Å². The molecule has 0 aromatic rings. The number of amides is 1. The summed E-state index contributed by atoms with van der Waals surface area (Å²) in [5.41, 5.74) is 0. The Morgan fingerprint density at radius 1 is 1.17 bits per heavy atom. The summed E-state index contributed by atoms with van der Waals surface area (Å²) in [5, 5.41) is 0. The average molecular weight is 173 g/mol. The molecule has 0 bridgehead atoms. The molecule has 0 saturated heterocycles. The lowest BCUT2D eigenvalue weighted by Crippen LogP contribution is -2.30. The van der Waals surface area contributed by atoms with Gasteiger partial charge in [0.25, 0.3) is 0 Å². The van der Waals surface area contributed by atoms with Gasteiger partial charge in [0.2, 0.25) is 5.91 Å². The number of carbonyl (C=O) groups excluding carboxylic acids is 1. The second kappa shape index (κ2) is 10.5. The number of carbonyl (C=O) groups is 1. The van der Waals surface area contributed by atoms with Crippen molar-refractivity contribution >= 4 is 5.91 Å². The molecule has 0 aliphatic rings. The highest BCUT2D eigenvalue weighted by Crippen LogP contribution is 1.94. The largest absolute Gasteiger partial charge is 0.343 e. The van der Waals surface area contributed by atoms with E-state index in [0.29, 0.717) is 6.42 Å². The highest BCUT2D eigenvalue weighted by atomic mass is 16.2. The third-order valence-corrected chi connectivity index (χ3v) is 1.53. The third-order valence-electron chi connectivity index (χ3n) is 1.53. The van der Waals surface area contributed by atoms with E-state index >= 15 is 0 Å². The minimum atomic E-state index is 0.268. The molecule has 0 unspecified atom stereocenters. The molecule has 0 N–H and O–H groups in total. The zero-order valence-corrected chi connectivity index (χ0v) is 9.18. The van der Waals surface area contributed by atoms with E-state index in [1.165, 1.54) is 0 Å². The van der Waals surface area contributed by atoms with Crippen LogP contribution in [0.2, 0.25) is 0 Å². The minimum absolute atomic E-state index is 0.268. The predicted molar refractivity (Wildman–Crippen MR) is 54.2 cm³/mol. The maximum absolute atomic E-state index is 11.1. The molecule has 0 radical (unpaired) electrons. The standard InChI is InChI=1S/C8H17NO.C2H6/c1-4-7-9(6-3)8(10)5-2;1-2/h4-7H2,1-3H3;1-2H3. The Kier molecular flexibility index (Phi) is 12.2. The fourth-order valence-electron chi connectivity index (χ4n) is 0.953. The number of hydrogen-bond acceptors (Lipinski definition) is 1.